The Hall–Kier alpha value is -2.86. The predicted molar refractivity (Wildman–Crippen MR) is 107 cm³/mol. The summed E-state index contributed by atoms with van der Waals surface area (Å²) < 4.78 is 26.5. The first-order chi connectivity index (χ1) is 15.1. The summed E-state index contributed by atoms with van der Waals surface area (Å²) in [6.07, 6.45) is 3.81. The summed E-state index contributed by atoms with van der Waals surface area (Å²) in [7, 11) is 0. The van der Waals surface area contributed by atoms with Gasteiger partial charge >= 0.3 is 5.97 Å². The van der Waals surface area contributed by atoms with Crippen LogP contribution in [-0.2, 0) is 33.3 Å². The summed E-state index contributed by atoms with van der Waals surface area (Å²) in [5, 5.41) is 8.45. The molecule has 0 unspecified atom stereocenters. The third-order valence-electron chi connectivity index (χ3n) is 3.84. The molecule has 1 N–H and O–H groups in total. The number of anilines is 1. The van der Waals surface area contributed by atoms with E-state index in [1.54, 1.807) is 12.1 Å². The molecule has 170 valence electrons. The van der Waals surface area contributed by atoms with Crippen LogP contribution < -0.4 is 9.64 Å². The number of nitrogens with zero attached hydrogens (tertiary/aromatic N) is 2. The van der Waals surface area contributed by atoms with Gasteiger partial charge in [-0.05, 0) is 6.07 Å². The smallest absolute Gasteiger partial charge is 0.305 e. The van der Waals surface area contributed by atoms with Crippen LogP contribution >= 0.6 is 0 Å². The maximum atomic E-state index is 11.6. The van der Waals surface area contributed by atoms with Crippen molar-refractivity contribution in [1.29, 1.82) is 0 Å². The fourth-order valence-electron chi connectivity index (χ4n) is 2.37. The van der Waals surface area contributed by atoms with E-state index in [1.165, 1.54) is 18.3 Å². The Bertz CT molecular complexity index is 719. The lowest BCUT2D eigenvalue weighted by molar-refractivity contribution is -0.138. The maximum absolute atomic E-state index is 11.6. The average Bonchev–Trinajstić information content (AvgIpc) is 3.09. The minimum absolute atomic E-state index is 0.0159. The number of amides is 2. The van der Waals surface area contributed by atoms with Gasteiger partial charge < -0.3 is 28.8 Å². The highest BCUT2D eigenvalue weighted by Gasteiger charge is 2.25. The van der Waals surface area contributed by atoms with Gasteiger partial charge in [0.2, 0.25) is 5.88 Å². The second kappa shape index (κ2) is 14.2. The second-order valence-corrected chi connectivity index (χ2v) is 6.14. The molecule has 11 nitrogen and oxygen atoms in total. The van der Waals surface area contributed by atoms with Crippen molar-refractivity contribution >= 4 is 23.5 Å². The summed E-state index contributed by atoms with van der Waals surface area (Å²) in [5.41, 5.74) is 0.385. The van der Waals surface area contributed by atoms with Gasteiger partial charge in [0.15, 0.2) is 0 Å². The van der Waals surface area contributed by atoms with Crippen LogP contribution in [0.2, 0.25) is 0 Å². The molecule has 1 aromatic heterocycles. The lowest BCUT2D eigenvalue weighted by Crippen LogP contribution is -2.29. The number of ether oxygens (including phenoxy) is 5. The average molecular weight is 438 g/mol. The van der Waals surface area contributed by atoms with Crippen molar-refractivity contribution in [2.24, 2.45) is 0 Å². The van der Waals surface area contributed by atoms with Crippen LogP contribution in [0.4, 0.5) is 5.69 Å². The summed E-state index contributed by atoms with van der Waals surface area (Å²) in [5.74, 6) is -1.32. The molecule has 1 aromatic rings. The van der Waals surface area contributed by atoms with E-state index in [9.17, 15) is 14.4 Å². The molecule has 2 amide bonds. The van der Waals surface area contributed by atoms with Crippen molar-refractivity contribution < 1.29 is 43.2 Å². The van der Waals surface area contributed by atoms with E-state index in [0.717, 1.165) is 4.90 Å². The Morgan fingerprint density at radius 1 is 0.806 bits per heavy atom. The van der Waals surface area contributed by atoms with E-state index in [4.69, 9.17) is 28.8 Å². The molecule has 0 saturated carbocycles. The first-order valence-corrected chi connectivity index (χ1v) is 9.75. The third-order valence-corrected chi connectivity index (χ3v) is 3.84. The van der Waals surface area contributed by atoms with Crippen LogP contribution in [0.3, 0.4) is 0 Å². The van der Waals surface area contributed by atoms with Crippen LogP contribution in [0, 0.1) is 0 Å². The summed E-state index contributed by atoms with van der Waals surface area (Å²) in [6.45, 7) is 3.20. The number of pyridine rings is 1. The molecule has 0 fully saturated rings. The fraction of sp³-hybridized carbons (Fsp3) is 0.500. The van der Waals surface area contributed by atoms with Gasteiger partial charge in [-0.25, -0.2) is 9.88 Å². The van der Waals surface area contributed by atoms with Gasteiger partial charge in [0, 0.05) is 18.2 Å². The number of aliphatic carboxylic acids is 1. The Morgan fingerprint density at radius 3 is 1.81 bits per heavy atom. The van der Waals surface area contributed by atoms with E-state index in [0.29, 0.717) is 64.4 Å². The third kappa shape index (κ3) is 9.66. The highest BCUT2D eigenvalue weighted by Crippen LogP contribution is 2.19. The summed E-state index contributed by atoms with van der Waals surface area (Å²) in [6, 6.07) is 3.17. The molecule has 2 rings (SSSR count). The Balaban J connectivity index is 1.40. The van der Waals surface area contributed by atoms with Crippen molar-refractivity contribution in [2.45, 2.75) is 6.42 Å². The lowest BCUT2D eigenvalue weighted by atomic mass is 10.3. The number of hydrogen-bond donors (Lipinski definition) is 1. The van der Waals surface area contributed by atoms with E-state index in [-0.39, 0.29) is 13.0 Å². The molecule has 31 heavy (non-hydrogen) atoms. The first-order valence-electron chi connectivity index (χ1n) is 9.75. The van der Waals surface area contributed by atoms with Gasteiger partial charge in [-0.1, -0.05) is 0 Å². The molecule has 1 aliphatic rings. The number of hydrogen-bond acceptors (Lipinski definition) is 9. The molecule has 0 aliphatic carbocycles. The van der Waals surface area contributed by atoms with Crippen molar-refractivity contribution in [2.75, 3.05) is 64.4 Å². The Labute approximate surface area is 179 Å². The Morgan fingerprint density at radius 2 is 1.32 bits per heavy atom. The zero-order valence-electron chi connectivity index (χ0n) is 17.1. The second-order valence-electron chi connectivity index (χ2n) is 6.14. The number of carboxylic acids is 1. The van der Waals surface area contributed by atoms with Crippen molar-refractivity contribution in [3.63, 3.8) is 0 Å². The number of rotatable bonds is 17. The van der Waals surface area contributed by atoms with Gasteiger partial charge in [0.1, 0.15) is 6.61 Å². The maximum Gasteiger partial charge on any atom is 0.305 e. The molecule has 0 spiro atoms. The topological polar surface area (TPSA) is 134 Å². The highest BCUT2D eigenvalue weighted by molar-refractivity contribution is 6.28. The number of carbonyl (C=O) groups excluding carboxylic acids is 2. The molecule has 0 saturated heterocycles. The quantitative estimate of drug-likeness (QED) is 0.270. The van der Waals surface area contributed by atoms with Gasteiger partial charge in [-0.2, -0.15) is 0 Å². The molecule has 1 aliphatic heterocycles. The van der Waals surface area contributed by atoms with Crippen LogP contribution in [0.15, 0.2) is 30.5 Å². The minimum Gasteiger partial charge on any atom is -0.481 e. The Kier molecular flexibility index (Phi) is 11.2. The van der Waals surface area contributed by atoms with Crippen molar-refractivity contribution in [3.05, 3.63) is 30.5 Å². The molecule has 11 heteroatoms. The van der Waals surface area contributed by atoms with E-state index in [1.807, 2.05) is 0 Å². The van der Waals surface area contributed by atoms with Crippen LogP contribution in [0.25, 0.3) is 0 Å². The van der Waals surface area contributed by atoms with Gasteiger partial charge in [-0.3, -0.25) is 14.4 Å². The van der Waals surface area contributed by atoms with Crippen molar-refractivity contribution in [3.8, 4) is 5.88 Å². The van der Waals surface area contributed by atoms with Crippen LogP contribution in [-0.4, -0.2) is 87.3 Å². The van der Waals surface area contributed by atoms with E-state index in [2.05, 4.69) is 4.98 Å². The first kappa shape index (κ1) is 24.4. The van der Waals surface area contributed by atoms with Crippen molar-refractivity contribution in [1.82, 2.24) is 4.98 Å². The minimum atomic E-state index is -0.887. The molecule has 0 bridgehead atoms. The number of carbonyl (C=O) groups is 3. The standard InChI is InChI=1S/C20H26N2O9/c23-18-3-4-19(24)22(18)16-1-2-17(21-15-16)31-14-13-30-12-11-29-10-9-28-8-7-27-6-5-20(25)26/h1-4,15H,5-14H2,(H,25,26). The van der Waals surface area contributed by atoms with Gasteiger partial charge in [0.25, 0.3) is 11.8 Å². The normalized spacial score (nSPS) is 13.2. The zero-order valence-corrected chi connectivity index (χ0v) is 17.1. The van der Waals surface area contributed by atoms with Crippen LogP contribution in [0.1, 0.15) is 6.42 Å². The zero-order chi connectivity index (χ0) is 22.3. The fourth-order valence-corrected chi connectivity index (χ4v) is 2.37. The number of aromatic nitrogens is 1. The van der Waals surface area contributed by atoms with Gasteiger partial charge in [0.05, 0.1) is 71.2 Å². The monoisotopic (exact) mass is 438 g/mol. The largest absolute Gasteiger partial charge is 0.481 e. The lowest BCUT2D eigenvalue weighted by Gasteiger charge is -2.13. The van der Waals surface area contributed by atoms with E-state index < -0.39 is 17.8 Å². The molecule has 2 heterocycles. The molecular formula is C20H26N2O9. The van der Waals surface area contributed by atoms with Gasteiger partial charge in [-0.15, -0.1) is 0 Å². The SMILES string of the molecule is O=C(O)CCOCCOCCOCCOCCOc1ccc(N2C(=O)C=CC2=O)cn1. The number of imide groups is 1. The predicted octanol–water partition coefficient (Wildman–Crippen LogP) is 0.431. The summed E-state index contributed by atoms with van der Waals surface area (Å²) in [4.78, 5) is 38.6. The molecule has 0 atom stereocenters. The molecule has 0 radical (unpaired) electrons. The van der Waals surface area contributed by atoms with E-state index >= 15 is 0 Å². The number of carboxylic acid groups (broad SMARTS) is 1. The molecule has 0 aromatic carbocycles. The molecular weight excluding hydrogens is 412 g/mol. The highest BCUT2D eigenvalue weighted by atomic mass is 16.6. The summed E-state index contributed by atoms with van der Waals surface area (Å²) >= 11 is 0. The van der Waals surface area contributed by atoms with Crippen LogP contribution in [0.5, 0.6) is 5.88 Å².